The molecule has 0 amide bonds. The zero-order valence-corrected chi connectivity index (χ0v) is 9.52. The van der Waals surface area contributed by atoms with Crippen molar-refractivity contribution < 1.29 is 0 Å². The van der Waals surface area contributed by atoms with Crippen LogP contribution in [-0.4, -0.2) is 4.33 Å². The molecule has 0 fully saturated rings. The van der Waals surface area contributed by atoms with Gasteiger partial charge < -0.3 is 0 Å². The summed E-state index contributed by atoms with van der Waals surface area (Å²) in [5.41, 5.74) is 0.912. The van der Waals surface area contributed by atoms with E-state index in [4.69, 9.17) is 40.1 Å². The summed E-state index contributed by atoms with van der Waals surface area (Å²) in [7, 11) is 0. The summed E-state index contributed by atoms with van der Waals surface area (Å²) in [6.45, 7) is 0. The molecule has 0 spiro atoms. The lowest BCUT2D eigenvalue weighted by atomic mass is 10.1. The Morgan fingerprint density at radius 1 is 1.29 bits per heavy atom. The Bertz CT molecular complexity index is 329. The smallest absolute Gasteiger partial charge is 0.195 e. The van der Waals surface area contributed by atoms with Crippen LogP contribution in [0.5, 0.6) is 0 Å². The predicted molar refractivity (Wildman–Crippen MR) is 59.7 cm³/mol. The van der Waals surface area contributed by atoms with E-state index in [2.05, 4.69) is 0 Å². The number of alkyl halides is 3. The monoisotopic (exact) mass is 247 g/mol. The maximum Gasteiger partial charge on any atom is 0.205 e. The molecular formula is C10H8Cl3N. The summed E-state index contributed by atoms with van der Waals surface area (Å²) in [6.07, 6.45) is 0.207. The second-order valence-corrected chi connectivity index (χ2v) is 4.91. The van der Waals surface area contributed by atoms with Crippen molar-refractivity contribution in [1.82, 2.24) is 0 Å². The predicted octanol–water partition coefficient (Wildman–Crippen LogP) is 4.05. The number of rotatable bonds is 3. The molecule has 0 aromatic heterocycles. The SMILES string of the molecule is N#CC(Cl)(Cl)CC(Cl)c1ccccc1. The van der Waals surface area contributed by atoms with Gasteiger partial charge in [-0.1, -0.05) is 53.5 Å². The fourth-order valence-electron chi connectivity index (χ4n) is 1.05. The molecular weight excluding hydrogens is 240 g/mol. The zero-order chi connectivity index (χ0) is 10.6. The normalized spacial score (nSPS) is 13.3. The van der Waals surface area contributed by atoms with Gasteiger partial charge in [-0.2, -0.15) is 5.26 Å². The molecule has 0 saturated carbocycles. The summed E-state index contributed by atoms with van der Waals surface area (Å²) in [5.74, 6) is 0. The van der Waals surface area contributed by atoms with Crippen LogP contribution in [0.3, 0.4) is 0 Å². The first-order valence-corrected chi connectivity index (χ1v) is 5.22. The van der Waals surface area contributed by atoms with Crippen LogP contribution < -0.4 is 0 Å². The average Bonchev–Trinajstić information content (AvgIpc) is 2.19. The minimum Gasteiger partial charge on any atom is -0.195 e. The van der Waals surface area contributed by atoms with E-state index in [0.29, 0.717) is 0 Å². The average molecular weight is 249 g/mol. The van der Waals surface area contributed by atoms with E-state index in [9.17, 15) is 0 Å². The quantitative estimate of drug-likeness (QED) is 0.740. The van der Waals surface area contributed by atoms with Crippen molar-refractivity contribution in [3.63, 3.8) is 0 Å². The highest BCUT2D eigenvalue weighted by Gasteiger charge is 2.27. The molecule has 0 radical (unpaired) electrons. The van der Waals surface area contributed by atoms with E-state index >= 15 is 0 Å². The molecule has 1 atom stereocenters. The second kappa shape index (κ2) is 4.89. The topological polar surface area (TPSA) is 23.8 Å². The Kier molecular flexibility index (Phi) is 4.07. The van der Waals surface area contributed by atoms with Gasteiger partial charge in [-0.15, -0.1) is 11.6 Å². The number of nitriles is 1. The molecule has 1 aromatic carbocycles. The Hall–Kier alpha value is -0.420. The number of hydrogen-bond acceptors (Lipinski definition) is 1. The van der Waals surface area contributed by atoms with Crippen molar-refractivity contribution in [1.29, 1.82) is 5.26 Å². The molecule has 0 bridgehead atoms. The van der Waals surface area contributed by atoms with E-state index in [-0.39, 0.29) is 11.8 Å². The molecule has 0 heterocycles. The summed E-state index contributed by atoms with van der Waals surface area (Å²) < 4.78 is -1.41. The fraction of sp³-hybridized carbons (Fsp3) is 0.300. The molecule has 1 aromatic rings. The van der Waals surface area contributed by atoms with Crippen LogP contribution in [0, 0.1) is 11.3 Å². The van der Waals surface area contributed by atoms with Gasteiger partial charge in [0.15, 0.2) is 0 Å². The minimum atomic E-state index is -1.41. The molecule has 0 saturated heterocycles. The summed E-state index contributed by atoms with van der Waals surface area (Å²) in [6, 6.07) is 11.2. The van der Waals surface area contributed by atoms with Crippen LogP contribution in [0.15, 0.2) is 30.3 Å². The molecule has 0 aliphatic carbocycles. The lowest BCUT2D eigenvalue weighted by Gasteiger charge is -2.15. The van der Waals surface area contributed by atoms with Crippen LogP contribution in [0.1, 0.15) is 17.4 Å². The molecule has 14 heavy (non-hydrogen) atoms. The van der Waals surface area contributed by atoms with E-state index in [1.165, 1.54) is 0 Å². The third kappa shape index (κ3) is 3.38. The molecule has 0 aliphatic rings. The van der Waals surface area contributed by atoms with Crippen molar-refractivity contribution in [3.05, 3.63) is 35.9 Å². The van der Waals surface area contributed by atoms with E-state index in [1.54, 1.807) is 6.07 Å². The van der Waals surface area contributed by atoms with Gasteiger partial charge in [-0.25, -0.2) is 0 Å². The largest absolute Gasteiger partial charge is 0.205 e. The molecule has 4 heteroatoms. The Morgan fingerprint density at radius 3 is 2.36 bits per heavy atom. The highest BCUT2D eigenvalue weighted by molar-refractivity contribution is 6.50. The first-order chi connectivity index (χ1) is 6.55. The number of benzene rings is 1. The van der Waals surface area contributed by atoms with Gasteiger partial charge in [0, 0.05) is 6.42 Å². The third-order valence-corrected chi connectivity index (χ3v) is 2.64. The van der Waals surface area contributed by atoms with Gasteiger partial charge in [0.1, 0.15) is 6.07 Å². The summed E-state index contributed by atoms with van der Waals surface area (Å²) in [5, 5.41) is 8.28. The molecule has 1 unspecified atom stereocenters. The summed E-state index contributed by atoms with van der Waals surface area (Å²) >= 11 is 17.4. The van der Waals surface area contributed by atoms with E-state index < -0.39 is 4.33 Å². The first kappa shape index (κ1) is 11.7. The molecule has 0 N–H and O–H groups in total. The van der Waals surface area contributed by atoms with Gasteiger partial charge >= 0.3 is 0 Å². The lowest BCUT2D eigenvalue weighted by Crippen LogP contribution is -2.12. The van der Waals surface area contributed by atoms with Gasteiger partial charge in [0.05, 0.1) is 5.38 Å². The molecule has 74 valence electrons. The number of hydrogen-bond donors (Lipinski definition) is 0. The van der Waals surface area contributed by atoms with Gasteiger partial charge in [0.25, 0.3) is 0 Å². The van der Waals surface area contributed by atoms with Crippen molar-refractivity contribution in [3.8, 4) is 6.07 Å². The Balaban J connectivity index is 2.70. The van der Waals surface area contributed by atoms with Gasteiger partial charge in [-0.3, -0.25) is 0 Å². The van der Waals surface area contributed by atoms with Crippen LogP contribution >= 0.6 is 34.8 Å². The van der Waals surface area contributed by atoms with Crippen molar-refractivity contribution in [2.45, 2.75) is 16.1 Å². The maximum absolute atomic E-state index is 8.62. The third-order valence-electron chi connectivity index (χ3n) is 1.76. The van der Waals surface area contributed by atoms with Crippen LogP contribution in [0.4, 0.5) is 0 Å². The Labute approximate surface area is 98.2 Å². The van der Waals surface area contributed by atoms with E-state index in [1.807, 2.05) is 30.3 Å². The van der Waals surface area contributed by atoms with Crippen molar-refractivity contribution in [2.24, 2.45) is 0 Å². The fourth-order valence-corrected chi connectivity index (χ4v) is 1.89. The van der Waals surface area contributed by atoms with Crippen molar-refractivity contribution in [2.75, 3.05) is 0 Å². The molecule has 1 nitrogen and oxygen atoms in total. The van der Waals surface area contributed by atoms with Crippen LogP contribution in [0.25, 0.3) is 0 Å². The lowest BCUT2D eigenvalue weighted by molar-refractivity contribution is 0.783. The second-order valence-electron chi connectivity index (χ2n) is 2.90. The Morgan fingerprint density at radius 2 is 1.86 bits per heavy atom. The van der Waals surface area contributed by atoms with Crippen LogP contribution in [-0.2, 0) is 0 Å². The highest BCUT2D eigenvalue weighted by Crippen LogP contribution is 2.35. The van der Waals surface area contributed by atoms with Crippen molar-refractivity contribution >= 4 is 34.8 Å². The standard InChI is InChI=1S/C10H8Cl3N/c11-9(6-10(12,13)7-14)8-4-2-1-3-5-8/h1-5,9H,6H2. The van der Waals surface area contributed by atoms with E-state index in [0.717, 1.165) is 5.56 Å². The minimum absolute atomic E-state index is 0.207. The molecule has 0 aliphatic heterocycles. The number of halogens is 3. The number of nitrogens with zero attached hydrogens (tertiary/aromatic N) is 1. The van der Waals surface area contributed by atoms with Crippen LogP contribution in [0.2, 0.25) is 0 Å². The van der Waals surface area contributed by atoms with Gasteiger partial charge in [0.2, 0.25) is 4.33 Å². The first-order valence-electron chi connectivity index (χ1n) is 4.03. The zero-order valence-electron chi connectivity index (χ0n) is 7.25. The summed E-state index contributed by atoms with van der Waals surface area (Å²) in [4.78, 5) is 0. The highest BCUT2D eigenvalue weighted by atomic mass is 35.5. The molecule has 1 rings (SSSR count). The van der Waals surface area contributed by atoms with Gasteiger partial charge in [-0.05, 0) is 5.56 Å². The maximum atomic E-state index is 8.62.